The van der Waals surface area contributed by atoms with Crippen LogP contribution in [0.1, 0.15) is 17.4 Å². The number of hydrogen-bond donors (Lipinski definition) is 1. The highest BCUT2D eigenvalue weighted by Gasteiger charge is 2.27. The van der Waals surface area contributed by atoms with E-state index in [4.69, 9.17) is 28.9 Å². The van der Waals surface area contributed by atoms with E-state index in [0.29, 0.717) is 0 Å². The summed E-state index contributed by atoms with van der Waals surface area (Å²) >= 11 is 11.6. The molecule has 138 valence electrons. The molecule has 2 heterocycles. The summed E-state index contributed by atoms with van der Waals surface area (Å²) in [5, 5.41) is 0.220. The molecule has 0 spiro atoms. The fourth-order valence-corrected chi connectivity index (χ4v) is 4.30. The van der Waals surface area contributed by atoms with Crippen LogP contribution in [0.3, 0.4) is 0 Å². The fraction of sp³-hybridized carbons (Fsp3) is 0.231. The maximum absolute atomic E-state index is 12.0. The van der Waals surface area contributed by atoms with Gasteiger partial charge in [0.2, 0.25) is 0 Å². The van der Waals surface area contributed by atoms with Crippen molar-refractivity contribution in [1.29, 1.82) is 0 Å². The lowest BCUT2D eigenvalue weighted by molar-refractivity contribution is 0.596. The first-order valence-corrected chi connectivity index (χ1v) is 10.9. The van der Waals surface area contributed by atoms with Crippen LogP contribution >= 0.6 is 35.6 Å². The van der Waals surface area contributed by atoms with Crippen molar-refractivity contribution in [3.8, 4) is 0 Å². The van der Waals surface area contributed by atoms with Gasteiger partial charge in [0.05, 0.1) is 37.3 Å². The zero-order chi connectivity index (χ0) is 18.3. The number of halogens is 3. The number of pyridine rings is 2. The van der Waals surface area contributed by atoms with Crippen LogP contribution in [0.25, 0.3) is 0 Å². The molecule has 0 aliphatic rings. The minimum Gasteiger partial charge on any atom is -0.318 e. The van der Waals surface area contributed by atoms with E-state index in [2.05, 4.69) is 9.97 Å². The van der Waals surface area contributed by atoms with Crippen LogP contribution in [-0.2, 0) is 19.7 Å². The van der Waals surface area contributed by atoms with Crippen molar-refractivity contribution in [3.05, 3.63) is 46.0 Å². The number of hydrogen-bond acceptors (Lipinski definition) is 7. The standard InChI is InChI=1S/C13H13Cl2N3O4S2.ClH/c1-23(19,20)9-3-7(14)5-17-12(9)11(16)13-10(24(2,21)22)4-8(15)6-18-13;/h3-6,11H,16H2,1-2H3;1H. The molecular weight excluding hydrogens is 433 g/mol. The second-order valence-corrected chi connectivity index (χ2v) is 9.94. The molecule has 2 aromatic rings. The summed E-state index contributed by atoms with van der Waals surface area (Å²) in [6.45, 7) is 0. The maximum Gasteiger partial charge on any atom is 0.177 e. The van der Waals surface area contributed by atoms with E-state index in [0.717, 1.165) is 12.5 Å². The average molecular weight is 447 g/mol. The molecule has 0 fully saturated rings. The molecular formula is C13H14Cl3N3O4S2. The van der Waals surface area contributed by atoms with Crippen molar-refractivity contribution in [2.24, 2.45) is 5.73 Å². The first kappa shape index (κ1) is 22.1. The first-order chi connectivity index (χ1) is 10.9. The van der Waals surface area contributed by atoms with Gasteiger partial charge in [0.1, 0.15) is 0 Å². The van der Waals surface area contributed by atoms with Crippen LogP contribution in [0.4, 0.5) is 0 Å². The van der Waals surface area contributed by atoms with E-state index in [9.17, 15) is 16.8 Å². The van der Waals surface area contributed by atoms with Crippen molar-refractivity contribution >= 4 is 55.3 Å². The smallest absolute Gasteiger partial charge is 0.177 e. The summed E-state index contributed by atoms with van der Waals surface area (Å²) in [6, 6.07) is 1.21. The topological polar surface area (TPSA) is 120 Å². The van der Waals surface area contributed by atoms with E-state index >= 15 is 0 Å². The molecule has 0 aromatic carbocycles. The molecule has 0 saturated carbocycles. The summed E-state index contributed by atoms with van der Waals surface area (Å²) < 4.78 is 47.9. The number of aromatic nitrogens is 2. The van der Waals surface area contributed by atoms with Gasteiger partial charge in [0.15, 0.2) is 19.7 Å². The average Bonchev–Trinajstić information content (AvgIpc) is 2.44. The van der Waals surface area contributed by atoms with E-state index < -0.39 is 25.7 Å². The van der Waals surface area contributed by atoms with Gasteiger partial charge in [-0.25, -0.2) is 16.8 Å². The van der Waals surface area contributed by atoms with Crippen LogP contribution in [0.5, 0.6) is 0 Å². The molecule has 2 N–H and O–H groups in total. The number of rotatable bonds is 4. The molecule has 0 radical (unpaired) electrons. The maximum atomic E-state index is 12.0. The Labute approximate surface area is 161 Å². The Morgan fingerprint density at radius 3 is 1.48 bits per heavy atom. The first-order valence-electron chi connectivity index (χ1n) is 6.38. The minimum absolute atomic E-state index is 0. The molecule has 2 aromatic heterocycles. The highest BCUT2D eigenvalue weighted by atomic mass is 35.5. The normalized spacial score (nSPS) is 12.1. The van der Waals surface area contributed by atoms with Crippen molar-refractivity contribution in [2.75, 3.05) is 12.5 Å². The van der Waals surface area contributed by atoms with Crippen molar-refractivity contribution in [3.63, 3.8) is 0 Å². The molecule has 0 saturated heterocycles. The van der Waals surface area contributed by atoms with Gasteiger partial charge in [-0.2, -0.15) is 0 Å². The molecule has 2 rings (SSSR count). The minimum atomic E-state index is -3.70. The predicted octanol–water partition coefficient (Wildman–Crippen LogP) is 2.06. The Balaban J connectivity index is 0.00000312. The van der Waals surface area contributed by atoms with Gasteiger partial charge in [0, 0.05) is 24.9 Å². The Bertz CT molecular complexity index is 930. The van der Waals surface area contributed by atoms with Gasteiger partial charge >= 0.3 is 0 Å². The molecule has 0 aliphatic heterocycles. The highest BCUT2D eigenvalue weighted by molar-refractivity contribution is 7.91. The fourth-order valence-electron chi connectivity index (χ4n) is 2.05. The van der Waals surface area contributed by atoms with E-state index in [-0.39, 0.29) is 43.6 Å². The molecule has 0 unspecified atom stereocenters. The monoisotopic (exact) mass is 445 g/mol. The van der Waals surface area contributed by atoms with Gasteiger partial charge in [0.25, 0.3) is 0 Å². The van der Waals surface area contributed by atoms with Crippen molar-refractivity contribution in [2.45, 2.75) is 15.8 Å². The third kappa shape index (κ3) is 5.02. The quantitative estimate of drug-likeness (QED) is 0.763. The van der Waals surface area contributed by atoms with Gasteiger partial charge in [-0.1, -0.05) is 23.2 Å². The lowest BCUT2D eigenvalue weighted by Crippen LogP contribution is -2.21. The Kier molecular flexibility index (Phi) is 6.82. The molecule has 0 amide bonds. The molecule has 0 aliphatic carbocycles. The Morgan fingerprint density at radius 2 is 1.20 bits per heavy atom. The lowest BCUT2D eigenvalue weighted by Gasteiger charge is -2.17. The second-order valence-electron chi connectivity index (χ2n) is 5.10. The molecule has 25 heavy (non-hydrogen) atoms. The molecule has 0 atom stereocenters. The molecule has 12 heteroatoms. The van der Waals surface area contributed by atoms with Crippen LogP contribution in [0.15, 0.2) is 34.3 Å². The summed E-state index contributed by atoms with van der Waals surface area (Å²) in [7, 11) is -7.39. The van der Waals surface area contributed by atoms with Crippen LogP contribution < -0.4 is 5.73 Å². The lowest BCUT2D eigenvalue weighted by atomic mass is 10.1. The summed E-state index contributed by atoms with van der Waals surface area (Å²) in [5.41, 5.74) is 5.96. The van der Waals surface area contributed by atoms with Crippen molar-refractivity contribution in [1.82, 2.24) is 9.97 Å². The highest BCUT2D eigenvalue weighted by Crippen LogP contribution is 2.30. The number of nitrogens with two attached hydrogens (primary N) is 1. The Hall–Kier alpha value is -0.970. The van der Waals surface area contributed by atoms with Gasteiger partial charge in [-0.15, -0.1) is 12.4 Å². The van der Waals surface area contributed by atoms with Crippen LogP contribution in [-0.4, -0.2) is 39.3 Å². The van der Waals surface area contributed by atoms with E-state index in [1.165, 1.54) is 24.5 Å². The van der Waals surface area contributed by atoms with Gasteiger partial charge < -0.3 is 5.73 Å². The second kappa shape index (κ2) is 7.73. The summed E-state index contributed by atoms with van der Waals surface area (Å²) in [4.78, 5) is 7.53. The third-order valence-electron chi connectivity index (χ3n) is 3.08. The third-order valence-corrected chi connectivity index (χ3v) is 5.75. The SMILES string of the molecule is CS(=O)(=O)c1cc(Cl)cnc1C(N)c1ncc(Cl)cc1S(C)(=O)=O.Cl. The van der Waals surface area contributed by atoms with Crippen molar-refractivity contribution < 1.29 is 16.8 Å². The zero-order valence-corrected chi connectivity index (χ0v) is 16.9. The predicted molar refractivity (Wildman–Crippen MR) is 98.0 cm³/mol. The summed E-state index contributed by atoms with van der Waals surface area (Å²) in [5.74, 6) is 0. The molecule has 7 nitrogen and oxygen atoms in total. The summed E-state index contributed by atoms with van der Waals surface area (Å²) in [6.07, 6.45) is 4.40. The largest absolute Gasteiger partial charge is 0.318 e. The Morgan fingerprint density at radius 1 is 0.880 bits per heavy atom. The number of sulfone groups is 2. The van der Waals surface area contributed by atoms with Crippen LogP contribution in [0, 0.1) is 0 Å². The van der Waals surface area contributed by atoms with Gasteiger partial charge in [-0.3, -0.25) is 9.97 Å². The zero-order valence-electron chi connectivity index (χ0n) is 13.0. The number of nitrogens with zero attached hydrogens (tertiary/aromatic N) is 2. The van der Waals surface area contributed by atoms with E-state index in [1.807, 2.05) is 0 Å². The van der Waals surface area contributed by atoms with E-state index in [1.54, 1.807) is 0 Å². The van der Waals surface area contributed by atoms with Crippen LogP contribution in [0.2, 0.25) is 10.0 Å². The van der Waals surface area contributed by atoms with Gasteiger partial charge in [-0.05, 0) is 12.1 Å². The molecule has 0 bridgehead atoms.